The lowest BCUT2D eigenvalue weighted by molar-refractivity contribution is 0.181. The predicted molar refractivity (Wildman–Crippen MR) is 99.4 cm³/mol. The van der Waals surface area contributed by atoms with Crippen LogP contribution >= 0.6 is 38.6 Å². The third kappa shape index (κ3) is 3.61. The summed E-state index contributed by atoms with van der Waals surface area (Å²) in [5.41, 5.74) is 1.14. The van der Waals surface area contributed by atoms with E-state index in [0.29, 0.717) is 17.6 Å². The zero-order valence-electron chi connectivity index (χ0n) is 13.2. The van der Waals surface area contributed by atoms with Crippen LogP contribution in [0.1, 0.15) is 35.4 Å². The predicted octanol–water partition coefficient (Wildman–Crippen LogP) is 4.71. The van der Waals surface area contributed by atoms with Crippen LogP contribution in [0.4, 0.5) is 0 Å². The van der Waals surface area contributed by atoms with E-state index < -0.39 is 0 Å². The van der Waals surface area contributed by atoms with Crippen molar-refractivity contribution in [2.75, 3.05) is 13.1 Å². The molecule has 1 aliphatic heterocycles. The van der Waals surface area contributed by atoms with E-state index in [1.807, 2.05) is 12.1 Å². The highest BCUT2D eigenvalue weighted by Gasteiger charge is 2.24. The number of piperidine rings is 1. The van der Waals surface area contributed by atoms with Crippen LogP contribution in [0.3, 0.4) is 0 Å². The Morgan fingerprint density at radius 2 is 2.12 bits per heavy atom. The second-order valence-electron chi connectivity index (χ2n) is 5.99. The van der Waals surface area contributed by atoms with Gasteiger partial charge in [-0.15, -0.1) is 22.7 Å². The van der Waals surface area contributed by atoms with Crippen molar-refractivity contribution in [1.29, 1.82) is 0 Å². The maximum absolute atomic E-state index is 5.42. The van der Waals surface area contributed by atoms with Gasteiger partial charge >= 0.3 is 0 Å². The SMILES string of the molecule is Cc1csc(C2CCN(Cc3nc(-c4ccc(Br)s4)no3)CC2)n1. The van der Waals surface area contributed by atoms with Crippen molar-refractivity contribution < 1.29 is 4.52 Å². The van der Waals surface area contributed by atoms with Crippen molar-refractivity contribution in [3.05, 3.63) is 37.9 Å². The lowest BCUT2D eigenvalue weighted by Gasteiger charge is -2.29. The third-order valence-corrected chi connectivity index (χ3v) is 6.94. The van der Waals surface area contributed by atoms with Crippen LogP contribution in [-0.4, -0.2) is 33.1 Å². The number of hydrogen-bond acceptors (Lipinski definition) is 7. The summed E-state index contributed by atoms with van der Waals surface area (Å²) in [5.74, 6) is 1.97. The monoisotopic (exact) mass is 424 g/mol. The van der Waals surface area contributed by atoms with Gasteiger partial charge in [0.15, 0.2) is 0 Å². The number of thiazole rings is 1. The molecule has 5 nitrogen and oxygen atoms in total. The molecule has 1 fully saturated rings. The van der Waals surface area contributed by atoms with Gasteiger partial charge in [0.2, 0.25) is 11.7 Å². The van der Waals surface area contributed by atoms with Gasteiger partial charge in [0, 0.05) is 17.0 Å². The number of aryl methyl sites for hydroxylation is 1. The van der Waals surface area contributed by atoms with Crippen LogP contribution in [0.25, 0.3) is 10.7 Å². The molecule has 0 aromatic carbocycles. The highest BCUT2D eigenvalue weighted by Crippen LogP contribution is 2.31. The van der Waals surface area contributed by atoms with Gasteiger partial charge in [-0.2, -0.15) is 4.98 Å². The minimum atomic E-state index is 0.599. The van der Waals surface area contributed by atoms with Crippen LogP contribution in [0, 0.1) is 6.92 Å². The fourth-order valence-electron chi connectivity index (χ4n) is 2.94. The van der Waals surface area contributed by atoms with Crippen molar-refractivity contribution in [2.45, 2.75) is 32.2 Å². The van der Waals surface area contributed by atoms with Crippen molar-refractivity contribution >= 4 is 38.6 Å². The van der Waals surface area contributed by atoms with E-state index in [-0.39, 0.29) is 0 Å². The molecule has 1 aliphatic rings. The maximum atomic E-state index is 5.42. The molecule has 1 saturated heterocycles. The van der Waals surface area contributed by atoms with E-state index in [1.165, 1.54) is 5.01 Å². The van der Waals surface area contributed by atoms with E-state index >= 15 is 0 Å². The van der Waals surface area contributed by atoms with Gasteiger partial charge in [-0.05, 0) is 60.9 Å². The molecule has 0 aliphatic carbocycles. The van der Waals surface area contributed by atoms with Crippen LogP contribution in [-0.2, 0) is 6.54 Å². The number of halogens is 1. The standard InChI is InChI=1S/C16H17BrN4OS2/c1-10-9-23-16(18-10)11-4-6-21(7-5-11)8-14-19-15(20-22-14)12-2-3-13(17)24-12/h2-3,9,11H,4-8H2,1H3. The molecule has 24 heavy (non-hydrogen) atoms. The Hall–Kier alpha value is -1.09. The van der Waals surface area contributed by atoms with Gasteiger partial charge in [0.1, 0.15) is 0 Å². The van der Waals surface area contributed by atoms with Crippen molar-refractivity contribution in [3.8, 4) is 10.7 Å². The van der Waals surface area contributed by atoms with Gasteiger partial charge in [0.05, 0.1) is 20.2 Å². The first-order chi connectivity index (χ1) is 11.7. The molecule has 8 heteroatoms. The molecular weight excluding hydrogens is 408 g/mol. The first-order valence-electron chi connectivity index (χ1n) is 7.90. The molecule has 0 bridgehead atoms. The van der Waals surface area contributed by atoms with Crippen LogP contribution in [0.2, 0.25) is 0 Å². The summed E-state index contributed by atoms with van der Waals surface area (Å²) in [6, 6.07) is 4.01. The molecule has 0 atom stereocenters. The van der Waals surface area contributed by atoms with Gasteiger partial charge < -0.3 is 4.52 Å². The second-order valence-corrected chi connectivity index (χ2v) is 9.35. The Kier molecular flexibility index (Phi) is 4.80. The summed E-state index contributed by atoms with van der Waals surface area (Å²) in [6.07, 6.45) is 2.29. The summed E-state index contributed by atoms with van der Waals surface area (Å²) in [7, 11) is 0. The summed E-state index contributed by atoms with van der Waals surface area (Å²) in [4.78, 5) is 12.6. The molecule has 3 aromatic heterocycles. The average Bonchev–Trinajstić information content (AvgIpc) is 3.30. The van der Waals surface area contributed by atoms with E-state index in [2.05, 4.69) is 48.3 Å². The molecule has 4 rings (SSSR count). The Labute approximate surface area is 156 Å². The van der Waals surface area contributed by atoms with Crippen LogP contribution in [0.15, 0.2) is 25.8 Å². The molecule has 0 radical (unpaired) electrons. The number of aromatic nitrogens is 3. The Bertz CT molecular complexity index is 820. The molecule has 0 unspecified atom stereocenters. The number of rotatable bonds is 4. The Balaban J connectivity index is 1.35. The van der Waals surface area contributed by atoms with E-state index in [4.69, 9.17) is 4.52 Å². The Morgan fingerprint density at radius 1 is 1.29 bits per heavy atom. The first-order valence-corrected chi connectivity index (χ1v) is 10.4. The van der Waals surface area contributed by atoms with Gasteiger partial charge in [-0.1, -0.05) is 5.16 Å². The van der Waals surface area contributed by atoms with Crippen molar-refractivity contribution in [1.82, 2.24) is 20.0 Å². The molecule has 0 spiro atoms. The number of thiophene rings is 1. The minimum absolute atomic E-state index is 0.599. The van der Waals surface area contributed by atoms with Crippen molar-refractivity contribution in [2.24, 2.45) is 0 Å². The van der Waals surface area contributed by atoms with Crippen LogP contribution in [0.5, 0.6) is 0 Å². The Morgan fingerprint density at radius 3 is 2.79 bits per heavy atom. The minimum Gasteiger partial charge on any atom is -0.338 e. The van der Waals surface area contributed by atoms with Gasteiger partial charge in [-0.3, -0.25) is 4.90 Å². The highest BCUT2D eigenvalue weighted by molar-refractivity contribution is 9.11. The quantitative estimate of drug-likeness (QED) is 0.606. The van der Waals surface area contributed by atoms with E-state index in [9.17, 15) is 0 Å². The third-order valence-electron chi connectivity index (χ3n) is 4.19. The lowest BCUT2D eigenvalue weighted by atomic mass is 9.97. The lowest BCUT2D eigenvalue weighted by Crippen LogP contribution is -2.32. The molecular formula is C16H17BrN4OS2. The zero-order valence-corrected chi connectivity index (χ0v) is 16.5. The summed E-state index contributed by atoms with van der Waals surface area (Å²) in [5, 5.41) is 7.53. The fraction of sp³-hybridized carbons (Fsp3) is 0.438. The molecule has 0 N–H and O–H groups in total. The molecule has 0 amide bonds. The average molecular weight is 425 g/mol. The van der Waals surface area contributed by atoms with E-state index in [0.717, 1.165) is 46.8 Å². The molecule has 126 valence electrons. The van der Waals surface area contributed by atoms with Gasteiger partial charge in [-0.25, -0.2) is 4.98 Å². The van der Waals surface area contributed by atoms with Crippen molar-refractivity contribution in [3.63, 3.8) is 0 Å². The number of hydrogen-bond donors (Lipinski definition) is 0. The smallest absolute Gasteiger partial charge is 0.241 e. The summed E-state index contributed by atoms with van der Waals surface area (Å²) < 4.78 is 6.50. The number of likely N-dealkylation sites (tertiary alicyclic amines) is 1. The molecule has 3 aromatic rings. The fourth-order valence-corrected chi connectivity index (χ4v) is 5.22. The van der Waals surface area contributed by atoms with Gasteiger partial charge in [0.25, 0.3) is 0 Å². The second kappa shape index (κ2) is 7.03. The highest BCUT2D eigenvalue weighted by atomic mass is 79.9. The molecule has 0 saturated carbocycles. The summed E-state index contributed by atoms with van der Waals surface area (Å²) in [6.45, 7) is 4.88. The van der Waals surface area contributed by atoms with Crippen LogP contribution < -0.4 is 0 Å². The maximum Gasteiger partial charge on any atom is 0.241 e. The topological polar surface area (TPSA) is 55.1 Å². The first kappa shape index (κ1) is 16.4. The largest absolute Gasteiger partial charge is 0.338 e. The zero-order chi connectivity index (χ0) is 16.5. The normalized spacial score (nSPS) is 16.8. The molecule has 4 heterocycles. The summed E-state index contributed by atoms with van der Waals surface area (Å²) >= 11 is 6.87. The number of nitrogens with zero attached hydrogens (tertiary/aromatic N) is 4. The van der Waals surface area contributed by atoms with E-state index in [1.54, 1.807) is 22.7 Å².